The van der Waals surface area contributed by atoms with Gasteiger partial charge in [-0.25, -0.2) is 9.59 Å². The Morgan fingerprint density at radius 2 is 1.47 bits per heavy atom. The van der Waals surface area contributed by atoms with E-state index in [9.17, 15) is 14.7 Å². The number of carbonyl (C=O) groups is 2. The van der Waals surface area contributed by atoms with Gasteiger partial charge < -0.3 is 15.2 Å². The summed E-state index contributed by atoms with van der Waals surface area (Å²) in [5.41, 5.74) is 6.81. The van der Waals surface area contributed by atoms with Crippen molar-refractivity contribution in [2.75, 3.05) is 6.61 Å². The van der Waals surface area contributed by atoms with Crippen molar-refractivity contribution in [3.05, 3.63) is 95.1 Å². The molecule has 5 heteroatoms. The number of aryl methyl sites for hydroxylation is 2. The molecular formula is C27H27NO4. The number of hydrogen-bond donors (Lipinski definition) is 2. The van der Waals surface area contributed by atoms with Gasteiger partial charge in [-0.15, -0.1) is 0 Å². The topological polar surface area (TPSA) is 75.6 Å². The summed E-state index contributed by atoms with van der Waals surface area (Å²) in [6, 6.07) is 23.3. The van der Waals surface area contributed by atoms with Crippen molar-refractivity contribution in [3.63, 3.8) is 0 Å². The minimum Gasteiger partial charge on any atom is -0.480 e. The third-order valence-corrected chi connectivity index (χ3v) is 6.09. The van der Waals surface area contributed by atoms with Gasteiger partial charge in [0.1, 0.15) is 12.6 Å². The molecule has 0 heterocycles. The third kappa shape index (κ3) is 4.67. The van der Waals surface area contributed by atoms with E-state index in [0.717, 1.165) is 34.2 Å². The van der Waals surface area contributed by atoms with Gasteiger partial charge in [0.25, 0.3) is 0 Å². The highest BCUT2D eigenvalue weighted by atomic mass is 16.5. The molecule has 0 saturated carbocycles. The number of nitrogens with one attached hydrogen (secondary N) is 1. The van der Waals surface area contributed by atoms with E-state index in [0.29, 0.717) is 12.8 Å². The predicted octanol–water partition coefficient (Wildman–Crippen LogP) is 5.17. The molecule has 0 fully saturated rings. The summed E-state index contributed by atoms with van der Waals surface area (Å²) < 4.78 is 5.49. The van der Waals surface area contributed by atoms with E-state index in [4.69, 9.17) is 4.74 Å². The van der Waals surface area contributed by atoms with E-state index >= 15 is 0 Å². The van der Waals surface area contributed by atoms with E-state index < -0.39 is 18.1 Å². The normalized spacial score (nSPS) is 13.2. The maximum Gasteiger partial charge on any atom is 0.407 e. The number of carbonyl (C=O) groups excluding carboxylic acids is 1. The SMILES string of the molecule is CCc1ccc(CCC(NC(=O)OCC2c3ccccc3-c3ccccc32)C(=O)O)cc1. The van der Waals surface area contributed by atoms with Crippen molar-refractivity contribution in [1.29, 1.82) is 0 Å². The van der Waals surface area contributed by atoms with Crippen LogP contribution in [0.15, 0.2) is 72.8 Å². The molecule has 4 rings (SSSR count). The first-order chi connectivity index (χ1) is 15.6. The first kappa shape index (κ1) is 21.6. The highest BCUT2D eigenvalue weighted by molar-refractivity contribution is 5.81. The van der Waals surface area contributed by atoms with Crippen LogP contribution in [0.1, 0.15) is 41.5 Å². The van der Waals surface area contributed by atoms with Crippen LogP contribution >= 0.6 is 0 Å². The molecule has 3 aromatic rings. The Kier molecular flexibility index (Phi) is 6.55. The summed E-state index contributed by atoms with van der Waals surface area (Å²) in [5.74, 6) is -1.13. The number of amides is 1. The van der Waals surface area contributed by atoms with Crippen LogP contribution in [-0.2, 0) is 22.4 Å². The minimum atomic E-state index is -1.07. The van der Waals surface area contributed by atoms with Crippen LogP contribution in [0, 0.1) is 0 Å². The molecule has 0 aromatic heterocycles. The van der Waals surface area contributed by atoms with E-state index in [-0.39, 0.29) is 12.5 Å². The van der Waals surface area contributed by atoms with Crippen LogP contribution < -0.4 is 5.32 Å². The fourth-order valence-electron chi connectivity index (χ4n) is 4.29. The van der Waals surface area contributed by atoms with Gasteiger partial charge in [-0.2, -0.15) is 0 Å². The number of carboxylic acid groups (broad SMARTS) is 1. The summed E-state index contributed by atoms with van der Waals surface area (Å²) in [4.78, 5) is 24.1. The fourth-order valence-corrected chi connectivity index (χ4v) is 4.29. The first-order valence-electron chi connectivity index (χ1n) is 11.0. The Hall–Kier alpha value is -3.60. The Morgan fingerprint density at radius 3 is 2.03 bits per heavy atom. The Balaban J connectivity index is 1.36. The maximum atomic E-state index is 12.4. The molecule has 1 atom stereocenters. The fraction of sp³-hybridized carbons (Fsp3) is 0.259. The summed E-state index contributed by atoms with van der Waals surface area (Å²) in [7, 11) is 0. The number of fused-ring (bicyclic) bond motifs is 3. The number of rotatable bonds is 8. The molecule has 1 aliphatic carbocycles. The lowest BCUT2D eigenvalue weighted by molar-refractivity contribution is -0.139. The van der Waals surface area contributed by atoms with Gasteiger partial charge in [0, 0.05) is 5.92 Å². The molecular weight excluding hydrogens is 402 g/mol. The van der Waals surface area contributed by atoms with E-state index in [1.54, 1.807) is 0 Å². The van der Waals surface area contributed by atoms with Crippen LogP contribution in [0.2, 0.25) is 0 Å². The number of carboxylic acids is 1. The molecule has 3 aromatic carbocycles. The Labute approximate surface area is 188 Å². The van der Waals surface area contributed by atoms with Crippen molar-refractivity contribution in [1.82, 2.24) is 5.32 Å². The quantitative estimate of drug-likeness (QED) is 0.518. The maximum absolute atomic E-state index is 12.4. The van der Waals surface area contributed by atoms with E-state index in [2.05, 4.69) is 24.4 Å². The Morgan fingerprint density at radius 1 is 0.906 bits per heavy atom. The number of aliphatic carboxylic acids is 1. The molecule has 164 valence electrons. The number of hydrogen-bond acceptors (Lipinski definition) is 3. The van der Waals surface area contributed by atoms with Gasteiger partial charge in [-0.1, -0.05) is 79.7 Å². The number of alkyl carbamates (subject to hydrolysis) is 1. The highest BCUT2D eigenvalue weighted by Crippen LogP contribution is 2.44. The van der Waals surface area contributed by atoms with Crippen molar-refractivity contribution in [2.24, 2.45) is 0 Å². The monoisotopic (exact) mass is 429 g/mol. The van der Waals surface area contributed by atoms with E-state index in [1.165, 1.54) is 5.56 Å². The first-order valence-corrected chi connectivity index (χ1v) is 11.0. The van der Waals surface area contributed by atoms with Crippen LogP contribution in [0.4, 0.5) is 4.79 Å². The van der Waals surface area contributed by atoms with Crippen LogP contribution in [0.3, 0.4) is 0 Å². The molecule has 0 aliphatic heterocycles. The van der Waals surface area contributed by atoms with Crippen molar-refractivity contribution in [3.8, 4) is 11.1 Å². The van der Waals surface area contributed by atoms with Crippen molar-refractivity contribution in [2.45, 2.75) is 38.1 Å². The summed E-state index contributed by atoms with van der Waals surface area (Å²) in [6.07, 6.45) is 1.11. The molecule has 0 bridgehead atoms. The number of benzene rings is 3. The zero-order chi connectivity index (χ0) is 22.5. The van der Waals surface area contributed by atoms with Gasteiger partial charge in [-0.3, -0.25) is 0 Å². The van der Waals surface area contributed by atoms with Gasteiger partial charge in [-0.05, 0) is 52.6 Å². The lowest BCUT2D eigenvalue weighted by Gasteiger charge is -2.17. The minimum absolute atomic E-state index is 0.0616. The zero-order valence-electron chi connectivity index (χ0n) is 18.1. The van der Waals surface area contributed by atoms with E-state index in [1.807, 2.05) is 60.7 Å². The highest BCUT2D eigenvalue weighted by Gasteiger charge is 2.29. The molecule has 5 nitrogen and oxygen atoms in total. The van der Waals surface area contributed by atoms with Gasteiger partial charge in [0.2, 0.25) is 0 Å². The molecule has 1 unspecified atom stereocenters. The molecule has 0 saturated heterocycles. The molecule has 0 radical (unpaired) electrons. The average Bonchev–Trinajstić information content (AvgIpc) is 3.14. The number of ether oxygens (including phenoxy) is 1. The zero-order valence-corrected chi connectivity index (χ0v) is 18.1. The van der Waals surface area contributed by atoms with Crippen LogP contribution in [0.25, 0.3) is 11.1 Å². The largest absolute Gasteiger partial charge is 0.480 e. The smallest absolute Gasteiger partial charge is 0.407 e. The van der Waals surface area contributed by atoms with Gasteiger partial charge >= 0.3 is 12.1 Å². The second-order valence-corrected chi connectivity index (χ2v) is 8.07. The summed E-state index contributed by atoms with van der Waals surface area (Å²) in [6.45, 7) is 2.25. The second-order valence-electron chi connectivity index (χ2n) is 8.07. The van der Waals surface area contributed by atoms with Gasteiger partial charge in [0.05, 0.1) is 0 Å². The second kappa shape index (κ2) is 9.69. The molecule has 32 heavy (non-hydrogen) atoms. The summed E-state index contributed by atoms with van der Waals surface area (Å²) >= 11 is 0. The van der Waals surface area contributed by atoms with Crippen LogP contribution in [0.5, 0.6) is 0 Å². The Bertz CT molecular complexity index is 1060. The third-order valence-electron chi connectivity index (χ3n) is 6.09. The average molecular weight is 430 g/mol. The van der Waals surface area contributed by atoms with Gasteiger partial charge in [0.15, 0.2) is 0 Å². The molecule has 1 amide bonds. The molecule has 0 spiro atoms. The van der Waals surface area contributed by atoms with Crippen molar-refractivity contribution < 1.29 is 19.4 Å². The molecule has 2 N–H and O–H groups in total. The predicted molar refractivity (Wildman–Crippen MR) is 124 cm³/mol. The van der Waals surface area contributed by atoms with Crippen LogP contribution in [-0.4, -0.2) is 29.8 Å². The standard InChI is InChI=1S/C27H27NO4/c1-2-18-11-13-19(14-12-18)15-16-25(26(29)30)28-27(31)32-17-24-22-9-5-3-7-20(22)21-8-4-6-10-23(21)24/h3-14,24-25H,2,15-17H2,1H3,(H,28,31)(H,29,30). The molecule has 1 aliphatic rings. The summed E-state index contributed by atoms with van der Waals surface area (Å²) in [5, 5.41) is 12.1. The lowest BCUT2D eigenvalue weighted by atomic mass is 9.98. The lowest BCUT2D eigenvalue weighted by Crippen LogP contribution is -2.41. The van der Waals surface area contributed by atoms with Crippen molar-refractivity contribution >= 4 is 12.1 Å².